The highest BCUT2D eigenvalue weighted by Crippen LogP contribution is 2.43. The van der Waals surface area contributed by atoms with Crippen LogP contribution in [0.5, 0.6) is 0 Å². The molecule has 2 saturated heterocycles. The van der Waals surface area contributed by atoms with Gasteiger partial charge in [-0.2, -0.15) is 0 Å². The predicted octanol–water partition coefficient (Wildman–Crippen LogP) is 10.9. The molecule has 0 saturated carbocycles. The summed E-state index contributed by atoms with van der Waals surface area (Å²) >= 11 is 0. The molecule has 0 aromatic heterocycles. The minimum absolute atomic E-state index is 0.193. The summed E-state index contributed by atoms with van der Waals surface area (Å²) in [5.74, 6) is -3.90. The largest absolute Gasteiger partial charge is 0.470 e. The summed E-state index contributed by atoms with van der Waals surface area (Å²) in [5.41, 5.74) is 0. The molecule has 0 spiro atoms. The first-order chi connectivity index (χ1) is 47.3. The van der Waals surface area contributed by atoms with Crippen molar-refractivity contribution in [2.75, 3.05) is 26.4 Å². The Kier molecular flexibility index (Phi) is 51.5. The minimum atomic E-state index is -5.57. The topological polar surface area (TPSA) is 403 Å². The van der Waals surface area contributed by atoms with E-state index < -0.39 is 177 Å². The lowest BCUT2D eigenvalue weighted by molar-refractivity contribution is -0.305. The third-order valence-electron chi connectivity index (χ3n) is 18.1. The van der Waals surface area contributed by atoms with E-state index in [-0.39, 0.29) is 25.7 Å². The van der Waals surface area contributed by atoms with Crippen molar-refractivity contribution in [2.45, 2.75) is 396 Å². The lowest BCUT2D eigenvalue weighted by Crippen LogP contribution is -2.68. The average molecular weight is 1450 g/mol. The van der Waals surface area contributed by atoms with E-state index in [0.717, 1.165) is 167 Å². The molecule has 2 heterocycles. The zero-order valence-electron chi connectivity index (χ0n) is 61.0. The number of unbranched alkanes of at least 4 members (excludes halogenated alkanes) is 32. The Balaban J connectivity index is 2.63. The number of esters is 2. The van der Waals surface area contributed by atoms with Crippen LogP contribution in [-0.4, -0.2) is 186 Å². The van der Waals surface area contributed by atoms with Gasteiger partial charge in [0, 0.05) is 0 Å². The van der Waals surface area contributed by atoms with Crippen LogP contribution in [0.4, 0.5) is 0 Å². The fraction of sp³-hybridized carbons (Fsp3) is 0.943. The average Bonchev–Trinajstić information content (AvgIpc) is 0.786. The first-order valence-electron chi connectivity index (χ1n) is 38.4. The molecule has 0 radical (unpaired) electrons. The third-order valence-corrected chi connectivity index (χ3v) is 19.1. The van der Waals surface area contributed by atoms with Crippen LogP contribution in [0.15, 0.2) is 0 Å². The van der Waals surface area contributed by atoms with Crippen LogP contribution in [0.2, 0.25) is 0 Å². The molecule has 12 N–H and O–H groups in total. The summed E-state index contributed by atoms with van der Waals surface area (Å²) in [6, 6.07) is -3.57. The number of rotatable bonds is 63. The van der Waals surface area contributed by atoms with Gasteiger partial charge in [-0.1, -0.05) is 259 Å². The van der Waals surface area contributed by atoms with Crippen molar-refractivity contribution in [3.8, 4) is 0 Å². The molecule has 28 heteroatoms. The van der Waals surface area contributed by atoms with E-state index >= 15 is 0 Å². The summed E-state index contributed by atoms with van der Waals surface area (Å²) < 4.78 is 78.7. The van der Waals surface area contributed by atoms with Crippen molar-refractivity contribution in [2.24, 2.45) is 0 Å². The molecular weight excluding hydrogens is 1310 g/mol. The summed E-state index contributed by atoms with van der Waals surface area (Å²) in [6.45, 7) is 3.51. The van der Waals surface area contributed by atoms with Gasteiger partial charge in [0.1, 0.15) is 36.5 Å². The van der Waals surface area contributed by atoms with E-state index in [1.165, 1.54) is 38.5 Å². The van der Waals surface area contributed by atoms with Crippen LogP contribution >= 0.6 is 15.6 Å². The smallest absolute Gasteiger partial charge is 0.457 e. The summed E-state index contributed by atoms with van der Waals surface area (Å²) in [5, 5.41) is 72.9. The number of ether oxygens (including phenoxy) is 6. The van der Waals surface area contributed by atoms with E-state index in [9.17, 15) is 78.5 Å². The molecule has 0 aromatic rings. The van der Waals surface area contributed by atoms with Gasteiger partial charge in [-0.25, -0.2) is 9.13 Å². The van der Waals surface area contributed by atoms with Gasteiger partial charge in [-0.3, -0.25) is 28.2 Å². The van der Waals surface area contributed by atoms with Crippen LogP contribution in [0.3, 0.4) is 0 Å². The van der Waals surface area contributed by atoms with Gasteiger partial charge in [0.25, 0.3) is 0 Å². The standard InChI is InChI=1S/C70H134N2O24P2/c1-5-9-13-17-21-25-29-33-37-41-53(74)47-59(78)71-63-67(94-61(80)49-55(76)43-39-35-31-27-23-19-15-11-7-3)65(82)58(93-69(63)89-45-46-91-97(83,84)85)52-90-70-64(72-60(79)48-54(75)42-38-34-30-26-22-18-14-10-6-2)68(66(57(51-73)92-70)96-98(86,87)88)95-62(81)50-56(77)44-40-36-32-28-24-20-16-12-8-4/h53-58,63-70,73-77,82H,5-52H2,1-4H3,(H,71,78)(H,72,79)(H2,83,84,85)(H2,86,87,88)/t53-,54-,55-,56-,57-,58-,63-,64-,65-,66-,67-,68-,69+,70-/m1/s1/i46T/t46?,53-,54-,55-,56-,57-,58-,63-,64-,65-,66-,67-,68-,69+,70-. The molecule has 2 amide bonds. The Morgan fingerprint density at radius 1 is 0.439 bits per heavy atom. The van der Waals surface area contributed by atoms with Crippen molar-refractivity contribution in [3.05, 3.63) is 0 Å². The van der Waals surface area contributed by atoms with Crippen molar-refractivity contribution < 1.29 is 117 Å². The van der Waals surface area contributed by atoms with E-state index in [4.69, 9.17) is 34.3 Å². The van der Waals surface area contributed by atoms with E-state index in [2.05, 4.69) is 42.9 Å². The minimum Gasteiger partial charge on any atom is -0.457 e. The second-order valence-electron chi connectivity index (χ2n) is 27.2. The SMILES string of the molecule is [3H]C(CO[C@H]1O[C@H](CO[C@@H]2O[C@H](CO)[C@@H](OP(=O)(O)O)[C@H](OC(=O)C[C@H](O)CCCCCCCCCCC)[C@H]2NC(=O)C[C@H](O)CCCCCCCCCCC)[C@@H](O)[C@H](OC(=O)C[C@H](O)CCCCCCCCCCC)[C@H]1NC(=O)C[C@H](O)CCCCCCCCCCC)OP(=O)(O)O. The molecule has 2 aliphatic heterocycles. The second-order valence-corrected chi connectivity index (χ2v) is 29.6. The maximum absolute atomic E-state index is 14.2. The van der Waals surface area contributed by atoms with E-state index in [0.29, 0.717) is 25.7 Å². The maximum Gasteiger partial charge on any atom is 0.470 e. The van der Waals surface area contributed by atoms with Gasteiger partial charge in [-0.05, 0) is 25.7 Å². The van der Waals surface area contributed by atoms with Crippen LogP contribution in [0.25, 0.3) is 0 Å². The fourth-order valence-electron chi connectivity index (χ4n) is 12.6. The van der Waals surface area contributed by atoms with Gasteiger partial charge in [0.05, 0.1) is 77.9 Å². The quantitative estimate of drug-likeness (QED) is 0.0153. The molecule has 2 aliphatic rings. The molecule has 578 valence electrons. The molecule has 0 aliphatic carbocycles. The molecule has 0 aromatic carbocycles. The highest BCUT2D eigenvalue weighted by atomic mass is 31.2. The first-order valence-corrected chi connectivity index (χ1v) is 40.8. The molecule has 2 fully saturated rings. The van der Waals surface area contributed by atoms with Crippen LogP contribution in [0.1, 0.15) is 312 Å². The molecule has 0 bridgehead atoms. The maximum atomic E-state index is 14.2. The molecule has 26 nitrogen and oxygen atoms in total. The highest BCUT2D eigenvalue weighted by molar-refractivity contribution is 7.46. The van der Waals surface area contributed by atoms with Crippen molar-refractivity contribution in [1.82, 2.24) is 10.6 Å². The Bertz CT molecular complexity index is 2170. The van der Waals surface area contributed by atoms with Gasteiger partial charge < -0.3 is 89.3 Å². The molecule has 2 rings (SSSR count). The summed E-state index contributed by atoms with van der Waals surface area (Å²) in [7, 11) is -10.9. The van der Waals surface area contributed by atoms with Crippen LogP contribution in [-0.2, 0) is 65.8 Å². The predicted molar refractivity (Wildman–Crippen MR) is 371 cm³/mol. The Labute approximate surface area is 587 Å². The summed E-state index contributed by atoms with van der Waals surface area (Å²) in [6.07, 6.45) is 14.4. The first kappa shape index (κ1) is 89.9. The number of amides is 2. The Morgan fingerprint density at radius 2 is 0.755 bits per heavy atom. The lowest BCUT2D eigenvalue weighted by Gasteiger charge is -2.47. The van der Waals surface area contributed by atoms with Crippen molar-refractivity contribution in [3.63, 3.8) is 0 Å². The number of carbonyl (C=O) groups excluding carboxylic acids is 4. The number of hydrogen-bond donors (Lipinski definition) is 12. The number of phosphoric acid groups is 2. The van der Waals surface area contributed by atoms with Crippen molar-refractivity contribution >= 4 is 39.4 Å². The van der Waals surface area contributed by atoms with Crippen molar-refractivity contribution in [1.29, 1.82) is 0 Å². The van der Waals surface area contributed by atoms with Crippen LogP contribution < -0.4 is 10.6 Å². The number of hydrogen-bond acceptors (Lipinski definition) is 20. The molecule has 1 unspecified atom stereocenters. The number of aliphatic hydroxyl groups excluding tert-OH is 6. The molecule has 15 atom stereocenters. The van der Waals surface area contributed by atoms with Gasteiger partial charge in [-0.15, -0.1) is 0 Å². The van der Waals surface area contributed by atoms with Crippen LogP contribution in [0, 0.1) is 0 Å². The second kappa shape index (κ2) is 56.1. The number of carbonyl (C=O) groups is 4. The third kappa shape index (κ3) is 45.0. The highest BCUT2D eigenvalue weighted by Gasteiger charge is 2.54. The lowest BCUT2D eigenvalue weighted by atomic mass is 9.95. The van der Waals surface area contributed by atoms with Gasteiger partial charge in [0.15, 0.2) is 24.8 Å². The Hall–Kier alpha value is -2.30. The van der Waals surface area contributed by atoms with Gasteiger partial charge >= 0.3 is 27.6 Å². The zero-order valence-corrected chi connectivity index (χ0v) is 61.8. The van der Waals surface area contributed by atoms with Gasteiger partial charge in [0.2, 0.25) is 11.8 Å². The van der Waals surface area contributed by atoms with E-state index in [1.807, 2.05) is 0 Å². The normalized spacial score (nSPS) is 23.1. The summed E-state index contributed by atoms with van der Waals surface area (Å²) in [4.78, 5) is 95.7. The monoisotopic (exact) mass is 1450 g/mol. The number of phosphoric ester groups is 2. The molecule has 98 heavy (non-hydrogen) atoms. The molecular formula is C70H134N2O24P2. The zero-order chi connectivity index (χ0) is 73.3. The fourth-order valence-corrected chi connectivity index (χ4v) is 13.4. The van der Waals surface area contributed by atoms with E-state index in [1.54, 1.807) is 0 Å². The number of aliphatic hydroxyl groups is 6. The Morgan fingerprint density at radius 3 is 1.10 bits per heavy atom. The number of nitrogens with one attached hydrogen (secondary N) is 2.